The maximum absolute atomic E-state index is 2.29. The fraction of sp³-hybridized carbons (Fsp3) is 0.500. The van der Waals surface area contributed by atoms with Crippen LogP contribution in [0.1, 0.15) is 85.8 Å². The number of rotatable bonds is 2. The lowest BCUT2D eigenvalue weighted by Crippen LogP contribution is -2.23. The first-order valence-corrected chi connectivity index (χ1v) is 9.53. The Balaban J connectivity index is 0. The van der Waals surface area contributed by atoms with Crippen LogP contribution in [-0.4, -0.2) is 0 Å². The predicted molar refractivity (Wildman–Crippen MR) is 113 cm³/mol. The van der Waals surface area contributed by atoms with Crippen LogP contribution in [0, 0.1) is 0 Å². The van der Waals surface area contributed by atoms with Crippen LogP contribution in [-0.2, 0) is 5.41 Å². The Bertz CT molecular complexity index is 422. The van der Waals surface area contributed by atoms with Crippen LogP contribution >= 0.6 is 0 Å². The van der Waals surface area contributed by atoms with Crippen LogP contribution in [0.3, 0.4) is 0 Å². The Labute approximate surface area is 152 Å². The molecule has 0 heteroatoms. The zero-order valence-electron chi connectivity index (χ0n) is 16.1. The van der Waals surface area contributed by atoms with Crippen LogP contribution in [0.15, 0.2) is 60.7 Å². The molecule has 136 valence electrons. The fourth-order valence-electron chi connectivity index (χ4n) is 3.24. The Morgan fingerprint density at radius 3 is 1.12 bits per heavy atom. The largest absolute Gasteiger partial charge is 0.0776 e. The highest BCUT2D eigenvalue weighted by molar-refractivity contribution is 5.40. The van der Waals surface area contributed by atoms with E-state index in [2.05, 4.69) is 60.7 Å². The summed E-state index contributed by atoms with van der Waals surface area (Å²) >= 11 is 0. The van der Waals surface area contributed by atoms with E-state index < -0.39 is 0 Å². The smallest absolute Gasteiger partial charge is 0.0202 e. The molecule has 0 N–H and O–H groups in total. The van der Waals surface area contributed by atoms with Crippen LogP contribution in [0.2, 0.25) is 0 Å². The molecule has 0 spiro atoms. The van der Waals surface area contributed by atoms with E-state index in [4.69, 9.17) is 0 Å². The maximum atomic E-state index is 2.29. The van der Waals surface area contributed by atoms with E-state index in [0.29, 0.717) is 0 Å². The predicted octanol–water partition coefficient (Wildman–Crippen LogP) is 8.26. The molecule has 2 aromatic carbocycles. The van der Waals surface area contributed by atoms with Gasteiger partial charge < -0.3 is 0 Å². The molecule has 0 nitrogen and oxygen atoms in total. The van der Waals surface area contributed by atoms with E-state index in [0.717, 1.165) is 0 Å². The molecular formula is C24H40. The van der Waals surface area contributed by atoms with Crippen molar-refractivity contribution in [2.75, 3.05) is 0 Å². The second-order valence-corrected chi connectivity index (χ2v) is 5.02. The summed E-state index contributed by atoms with van der Waals surface area (Å²) in [5, 5.41) is 0. The average Bonchev–Trinajstić information content (AvgIpc) is 3.19. The van der Waals surface area contributed by atoms with Crippen molar-refractivity contribution in [3.05, 3.63) is 71.8 Å². The second kappa shape index (κ2) is 15.0. The van der Waals surface area contributed by atoms with Crippen LogP contribution in [0.25, 0.3) is 0 Å². The molecule has 0 amide bonds. The van der Waals surface area contributed by atoms with Gasteiger partial charge >= 0.3 is 0 Å². The second-order valence-electron chi connectivity index (χ2n) is 5.02. The Kier molecular flexibility index (Phi) is 15.4. The molecule has 0 aromatic heterocycles. The first-order valence-electron chi connectivity index (χ1n) is 9.53. The Hall–Kier alpha value is -1.56. The van der Waals surface area contributed by atoms with Crippen molar-refractivity contribution < 1.29 is 0 Å². The lowest BCUT2D eigenvalue weighted by Gasteiger charge is -2.30. The van der Waals surface area contributed by atoms with Crippen molar-refractivity contribution in [2.24, 2.45) is 0 Å². The summed E-state index contributed by atoms with van der Waals surface area (Å²) in [4.78, 5) is 0. The monoisotopic (exact) mass is 328 g/mol. The van der Waals surface area contributed by atoms with Gasteiger partial charge in [-0.15, -0.1) is 0 Å². The SMILES string of the molecule is C.CC.CC.CC.c1ccc(C2(c3ccccc3)CCCC2)cc1. The summed E-state index contributed by atoms with van der Waals surface area (Å²) in [6.45, 7) is 12.0. The summed E-state index contributed by atoms with van der Waals surface area (Å²) in [7, 11) is 0. The first kappa shape index (κ1) is 24.7. The molecule has 1 fully saturated rings. The van der Waals surface area contributed by atoms with Gasteiger partial charge in [-0.3, -0.25) is 0 Å². The van der Waals surface area contributed by atoms with Crippen molar-refractivity contribution >= 4 is 0 Å². The third-order valence-corrected chi connectivity index (χ3v) is 4.11. The molecule has 0 saturated heterocycles. The maximum Gasteiger partial charge on any atom is 0.0202 e. The minimum absolute atomic E-state index is 0. The van der Waals surface area contributed by atoms with E-state index >= 15 is 0 Å². The average molecular weight is 329 g/mol. The van der Waals surface area contributed by atoms with Gasteiger partial charge in [0.05, 0.1) is 0 Å². The number of hydrogen-bond donors (Lipinski definition) is 0. The van der Waals surface area contributed by atoms with Gasteiger partial charge in [0.25, 0.3) is 0 Å². The molecule has 1 saturated carbocycles. The van der Waals surface area contributed by atoms with Gasteiger partial charge in [-0.2, -0.15) is 0 Å². The summed E-state index contributed by atoms with van der Waals surface area (Å²) in [5.74, 6) is 0. The standard InChI is InChI=1S/C17H18.3C2H6.CH4/c1-3-9-15(10-4-1)17(13-7-8-14-17)16-11-5-2-6-12-16;3*1-2;/h1-6,9-12H,7-8,13-14H2;3*1-2H3;1H4. The van der Waals surface area contributed by atoms with E-state index in [-0.39, 0.29) is 12.8 Å². The highest BCUT2D eigenvalue weighted by Gasteiger charge is 2.36. The van der Waals surface area contributed by atoms with Gasteiger partial charge in [0.1, 0.15) is 0 Å². The molecule has 0 aliphatic heterocycles. The van der Waals surface area contributed by atoms with Gasteiger partial charge in [0.2, 0.25) is 0 Å². The lowest BCUT2D eigenvalue weighted by molar-refractivity contribution is 0.535. The summed E-state index contributed by atoms with van der Waals surface area (Å²) in [6, 6.07) is 22.0. The van der Waals surface area contributed by atoms with Crippen molar-refractivity contribution in [3.8, 4) is 0 Å². The van der Waals surface area contributed by atoms with Crippen LogP contribution in [0.4, 0.5) is 0 Å². The molecule has 2 aromatic rings. The molecule has 1 aliphatic carbocycles. The summed E-state index contributed by atoms with van der Waals surface area (Å²) < 4.78 is 0. The normalized spacial score (nSPS) is 13.6. The summed E-state index contributed by atoms with van der Waals surface area (Å²) in [5.41, 5.74) is 3.26. The van der Waals surface area contributed by atoms with E-state index in [9.17, 15) is 0 Å². The van der Waals surface area contributed by atoms with Crippen molar-refractivity contribution in [1.29, 1.82) is 0 Å². The van der Waals surface area contributed by atoms with Gasteiger partial charge in [-0.25, -0.2) is 0 Å². The molecule has 0 radical (unpaired) electrons. The molecule has 1 aliphatic rings. The van der Waals surface area contributed by atoms with Crippen molar-refractivity contribution in [3.63, 3.8) is 0 Å². The fourth-order valence-corrected chi connectivity index (χ4v) is 3.24. The van der Waals surface area contributed by atoms with Crippen molar-refractivity contribution in [2.45, 2.75) is 80.1 Å². The topological polar surface area (TPSA) is 0 Å². The quantitative estimate of drug-likeness (QED) is 0.520. The third kappa shape index (κ3) is 6.15. The molecule has 0 bridgehead atoms. The zero-order chi connectivity index (χ0) is 17.6. The highest BCUT2D eigenvalue weighted by atomic mass is 14.4. The molecule has 0 unspecified atom stereocenters. The molecule has 24 heavy (non-hydrogen) atoms. The number of hydrogen-bond acceptors (Lipinski definition) is 0. The minimum atomic E-state index is 0. The zero-order valence-corrected chi connectivity index (χ0v) is 16.1. The van der Waals surface area contributed by atoms with Crippen LogP contribution in [0.5, 0.6) is 0 Å². The molecule has 3 rings (SSSR count). The van der Waals surface area contributed by atoms with Crippen molar-refractivity contribution in [1.82, 2.24) is 0 Å². The minimum Gasteiger partial charge on any atom is -0.0776 e. The van der Waals surface area contributed by atoms with E-state index in [1.54, 1.807) is 0 Å². The van der Waals surface area contributed by atoms with E-state index in [1.807, 2.05) is 41.5 Å². The van der Waals surface area contributed by atoms with E-state index in [1.165, 1.54) is 36.8 Å². The molecule has 0 atom stereocenters. The van der Waals surface area contributed by atoms with Crippen LogP contribution < -0.4 is 0 Å². The summed E-state index contributed by atoms with van der Waals surface area (Å²) in [6.07, 6.45) is 5.29. The highest BCUT2D eigenvalue weighted by Crippen LogP contribution is 2.46. The first-order chi connectivity index (χ1) is 11.4. The Morgan fingerprint density at radius 2 is 0.833 bits per heavy atom. The van der Waals surface area contributed by atoms with Gasteiger partial charge in [-0.1, -0.05) is 122 Å². The Morgan fingerprint density at radius 1 is 0.542 bits per heavy atom. The molecule has 0 heterocycles. The molecular weight excluding hydrogens is 288 g/mol. The van der Waals surface area contributed by atoms with Gasteiger partial charge in [0, 0.05) is 5.41 Å². The lowest BCUT2D eigenvalue weighted by atomic mass is 9.73. The van der Waals surface area contributed by atoms with Gasteiger partial charge in [-0.05, 0) is 24.0 Å². The van der Waals surface area contributed by atoms with Gasteiger partial charge in [0.15, 0.2) is 0 Å². The number of benzene rings is 2. The third-order valence-electron chi connectivity index (χ3n) is 4.11.